The van der Waals surface area contributed by atoms with E-state index in [0.717, 1.165) is 37.8 Å². The average molecular weight is 458 g/mol. The Bertz CT molecular complexity index is 1130. The summed E-state index contributed by atoms with van der Waals surface area (Å²) in [6, 6.07) is 12.2. The van der Waals surface area contributed by atoms with E-state index in [9.17, 15) is 17.6 Å². The molecule has 1 aliphatic carbocycles. The first-order valence-corrected chi connectivity index (χ1v) is 12.5. The van der Waals surface area contributed by atoms with E-state index in [-0.39, 0.29) is 16.6 Å². The summed E-state index contributed by atoms with van der Waals surface area (Å²) >= 11 is 0. The van der Waals surface area contributed by atoms with Crippen molar-refractivity contribution in [3.63, 3.8) is 0 Å². The van der Waals surface area contributed by atoms with Crippen LogP contribution in [0, 0.1) is 5.82 Å². The molecule has 4 rings (SSSR count). The molecule has 2 aliphatic rings. The quantitative estimate of drug-likeness (QED) is 0.718. The van der Waals surface area contributed by atoms with E-state index in [4.69, 9.17) is 0 Å². The van der Waals surface area contributed by atoms with E-state index in [1.54, 1.807) is 24.3 Å². The maximum absolute atomic E-state index is 13.3. The Hall–Kier alpha value is -2.74. The number of nitrogens with one attached hydrogen (secondary N) is 1. The SMILES string of the molecule is CN1CCCCCC1=NS(=O)(=O)c1cccc(NC(=O)C2(c3ccc(F)cc3)CCC2)c1. The molecule has 6 nitrogen and oxygen atoms in total. The van der Waals surface area contributed by atoms with Crippen LogP contribution in [0.4, 0.5) is 10.1 Å². The number of amides is 1. The lowest BCUT2D eigenvalue weighted by Gasteiger charge is -2.40. The molecule has 0 radical (unpaired) electrons. The number of benzene rings is 2. The summed E-state index contributed by atoms with van der Waals surface area (Å²) in [7, 11) is -2.03. The van der Waals surface area contributed by atoms with Gasteiger partial charge >= 0.3 is 0 Å². The van der Waals surface area contributed by atoms with Crippen molar-refractivity contribution in [2.75, 3.05) is 18.9 Å². The molecule has 2 aromatic rings. The zero-order valence-corrected chi connectivity index (χ0v) is 19.0. The molecule has 1 N–H and O–H groups in total. The van der Waals surface area contributed by atoms with Crippen molar-refractivity contribution >= 4 is 27.5 Å². The second-order valence-corrected chi connectivity index (χ2v) is 10.2. The number of sulfonamides is 1. The molecule has 32 heavy (non-hydrogen) atoms. The molecular weight excluding hydrogens is 429 g/mol. The van der Waals surface area contributed by atoms with E-state index in [1.165, 1.54) is 24.3 Å². The van der Waals surface area contributed by atoms with Crippen LogP contribution in [0.25, 0.3) is 0 Å². The predicted octanol–water partition coefficient (Wildman–Crippen LogP) is 4.48. The number of anilines is 1. The first-order chi connectivity index (χ1) is 15.3. The van der Waals surface area contributed by atoms with Gasteiger partial charge in [-0.3, -0.25) is 4.79 Å². The molecule has 1 amide bonds. The standard InChI is InChI=1S/C24H28FN3O3S/c1-28-16-4-2-3-9-22(28)27-32(30,31)21-8-5-7-20(17-21)26-23(29)24(14-6-15-24)18-10-12-19(25)13-11-18/h5,7-8,10-13,17H,2-4,6,9,14-16H2,1H3,(H,26,29). The van der Waals surface area contributed by atoms with E-state index >= 15 is 0 Å². The molecule has 2 aromatic carbocycles. The number of likely N-dealkylation sites (tertiary alicyclic amines) is 1. The van der Waals surface area contributed by atoms with Gasteiger partial charge in [0.2, 0.25) is 5.91 Å². The second-order valence-electron chi connectivity index (χ2n) is 8.64. The van der Waals surface area contributed by atoms with Gasteiger partial charge in [0.1, 0.15) is 11.7 Å². The molecule has 0 atom stereocenters. The second kappa shape index (κ2) is 9.02. The lowest BCUT2D eigenvalue weighted by atomic mass is 9.64. The Morgan fingerprint density at radius 2 is 1.81 bits per heavy atom. The van der Waals surface area contributed by atoms with Crippen LogP contribution in [0.15, 0.2) is 57.8 Å². The van der Waals surface area contributed by atoms with Crippen LogP contribution < -0.4 is 5.32 Å². The fraction of sp³-hybridized carbons (Fsp3) is 0.417. The van der Waals surface area contributed by atoms with Gasteiger partial charge in [0.05, 0.1) is 10.3 Å². The number of nitrogens with zero attached hydrogens (tertiary/aromatic N) is 2. The number of amidine groups is 1. The van der Waals surface area contributed by atoms with E-state index < -0.39 is 15.4 Å². The van der Waals surface area contributed by atoms with Crippen molar-refractivity contribution in [1.82, 2.24) is 4.90 Å². The van der Waals surface area contributed by atoms with Crippen LogP contribution in [0.5, 0.6) is 0 Å². The molecule has 0 spiro atoms. The van der Waals surface area contributed by atoms with Gasteiger partial charge in [-0.1, -0.05) is 31.0 Å². The summed E-state index contributed by atoms with van der Waals surface area (Å²) in [5.74, 6) is 0.0175. The van der Waals surface area contributed by atoms with Crippen molar-refractivity contribution in [3.05, 3.63) is 59.9 Å². The summed E-state index contributed by atoms with van der Waals surface area (Å²) in [4.78, 5) is 15.1. The van der Waals surface area contributed by atoms with Gasteiger partial charge in [-0.05, 0) is 61.6 Å². The number of carbonyl (C=O) groups excluding carboxylic acids is 1. The number of rotatable bonds is 5. The highest BCUT2D eigenvalue weighted by Crippen LogP contribution is 2.44. The molecule has 0 bridgehead atoms. The lowest BCUT2D eigenvalue weighted by molar-refractivity contribution is -0.124. The third-order valence-corrected chi connectivity index (χ3v) is 7.79. The van der Waals surface area contributed by atoms with Gasteiger partial charge in [-0.25, -0.2) is 4.39 Å². The largest absolute Gasteiger partial charge is 0.362 e. The highest BCUT2D eigenvalue weighted by atomic mass is 32.2. The molecule has 8 heteroatoms. The van der Waals surface area contributed by atoms with Crippen LogP contribution in [0.2, 0.25) is 0 Å². The van der Waals surface area contributed by atoms with Crippen LogP contribution in [0.3, 0.4) is 0 Å². The number of carbonyl (C=O) groups is 1. The van der Waals surface area contributed by atoms with E-state index in [0.29, 0.717) is 30.8 Å². The molecular formula is C24H28FN3O3S. The monoisotopic (exact) mass is 457 g/mol. The first-order valence-electron chi connectivity index (χ1n) is 11.0. The number of halogens is 1. The zero-order chi connectivity index (χ0) is 22.8. The Morgan fingerprint density at radius 1 is 1.06 bits per heavy atom. The maximum atomic E-state index is 13.3. The fourth-order valence-corrected chi connectivity index (χ4v) is 5.51. The van der Waals surface area contributed by atoms with Crippen molar-refractivity contribution in [2.24, 2.45) is 4.40 Å². The minimum absolute atomic E-state index is 0.0462. The minimum Gasteiger partial charge on any atom is -0.362 e. The van der Waals surface area contributed by atoms with Gasteiger partial charge in [-0.15, -0.1) is 4.40 Å². The smallest absolute Gasteiger partial charge is 0.284 e. The van der Waals surface area contributed by atoms with Crippen LogP contribution in [-0.4, -0.2) is 38.7 Å². The summed E-state index contributed by atoms with van der Waals surface area (Å²) in [6.45, 7) is 0.788. The normalized spacial score (nSPS) is 19.8. The fourth-order valence-electron chi connectivity index (χ4n) is 4.37. The van der Waals surface area contributed by atoms with E-state index in [1.807, 2.05) is 11.9 Å². The summed E-state index contributed by atoms with van der Waals surface area (Å²) in [5.41, 5.74) is 0.458. The zero-order valence-electron chi connectivity index (χ0n) is 18.2. The lowest BCUT2D eigenvalue weighted by Crippen LogP contribution is -2.46. The van der Waals surface area contributed by atoms with Gasteiger partial charge in [0.15, 0.2) is 0 Å². The maximum Gasteiger partial charge on any atom is 0.284 e. The Kier molecular flexibility index (Phi) is 6.33. The third-order valence-electron chi connectivity index (χ3n) is 6.49. The van der Waals surface area contributed by atoms with E-state index in [2.05, 4.69) is 9.71 Å². The van der Waals surface area contributed by atoms with Crippen molar-refractivity contribution in [1.29, 1.82) is 0 Å². The van der Waals surface area contributed by atoms with Gasteiger partial charge in [0, 0.05) is 25.7 Å². The molecule has 0 unspecified atom stereocenters. The molecule has 1 aliphatic heterocycles. The average Bonchev–Trinajstić information content (AvgIpc) is 2.92. The third kappa shape index (κ3) is 4.55. The molecule has 0 aromatic heterocycles. The van der Waals surface area contributed by atoms with Gasteiger partial charge in [-0.2, -0.15) is 8.42 Å². The first kappa shape index (κ1) is 22.5. The van der Waals surface area contributed by atoms with Crippen LogP contribution in [0.1, 0.15) is 50.5 Å². The van der Waals surface area contributed by atoms with Crippen molar-refractivity contribution in [3.8, 4) is 0 Å². The topological polar surface area (TPSA) is 78.8 Å². The predicted molar refractivity (Wildman–Crippen MR) is 123 cm³/mol. The highest BCUT2D eigenvalue weighted by molar-refractivity contribution is 7.90. The summed E-state index contributed by atoms with van der Waals surface area (Å²) in [5, 5.41) is 2.88. The van der Waals surface area contributed by atoms with Crippen molar-refractivity contribution in [2.45, 2.75) is 55.3 Å². The number of hydrogen-bond acceptors (Lipinski definition) is 3. The Balaban J connectivity index is 1.56. The van der Waals surface area contributed by atoms with Crippen LogP contribution >= 0.6 is 0 Å². The van der Waals surface area contributed by atoms with Crippen molar-refractivity contribution < 1.29 is 17.6 Å². The summed E-state index contributed by atoms with van der Waals surface area (Å²) in [6.07, 6.45) is 5.87. The summed E-state index contributed by atoms with van der Waals surface area (Å²) < 4.78 is 43.3. The molecule has 1 saturated heterocycles. The van der Waals surface area contributed by atoms with Gasteiger partial charge < -0.3 is 10.2 Å². The van der Waals surface area contributed by atoms with Gasteiger partial charge in [0.25, 0.3) is 10.0 Å². The molecule has 1 heterocycles. The highest BCUT2D eigenvalue weighted by Gasteiger charge is 2.45. The van der Waals surface area contributed by atoms with Crippen LogP contribution in [-0.2, 0) is 20.2 Å². The molecule has 170 valence electrons. The molecule has 2 fully saturated rings. The molecule has 1 saturated carbocycles. The minimum atomic E-state index is -3.90. The number of hydrogen-bond donors (Lipinski definition) is 1. The Morgan fingerprint density at radius 3 is 2.50 bits per heavy atom. The Labute approximate surface area is 188 Å².